The topological polar surface area (TPSA) is 35.5 Å². The van der Waals surface area contributed by atoms with Gasteiger partial charge in [-0.1, -0.05) is 13.8 Å². The minimum absolute atomic E-state index is 0.266. The molecule has 2 fully saturated rings. The number of likely N-dealkylation sites (tertiary alicyclic amines) is 1. The zero-order chi connectivity index (χ0) is 12.4. The monoisotopic (exact) mass is 240 g/mol. The smallest absolute Gasteiger partial charge is 0.0597 e. The highest BCUT2D eigenvalue weighted by Crippen LogP contribution is 2.27. The van der Waals surface area contributed by atoms with Crippen LogP contribution in [0.15, 0.2) is 0 Å². The molecule has 1 saturated carbocycles. The highest BCUT2D eigenvalue weighted by Gasteiger charge is 2.31. The van der Waals surface area contributed by atoms with Gasteiger partial charge in [0.15, 0.2) is 0 Å². The molecule has 2 aliphatic rings. The van der Waals surface area contributed by atoms with Gasteiger partial charge in [0.2, 0.25) is 0 Å². The minimum Gasteiger partial charge on any atom is -0.395 e. The molecule has 0 radical (unpaired) electrons. The number of rotatable bonds is 5. The van der Waals surface area contributed by atoms with Crippen LogP contribution in [0.1, 0.15) is 40.0 Å². The average Bonchev–Trinajstić information content (AvgIpc) is 3.08. The van der Waals surface area contributed by atoms with E-state index in [2.05, 4.69) is 31.0 Å². The Bertz CT molecular complexity index is 242. The number of nitrogens with one attached hydrogen (secondary N) is 1. The predicted octanol–water partition coefficient (Wildman–Crippen LogP) is 1.47. The van der Waals surface area contributed by atoms with E-state index in [9.17, 15) is 5.11 Å². The van der Waals surface area contributed by atoms with Gasteiger partial charge in [-0.05, 0) is 38.0 Å². The fourth-order valence-corrected chi connectivity index (χ4v) is 3.10. The van der Waals surface area contributed by atoms with Crippen molar-refractivity contribution in [2.75, 3.05) is 19.7 Å². The Morgan fingerprint density at radius 2 is 2.00 bits per heavy atom. The first kappa shape index (κ1) is 13.3. The third-order valence-corrected chi connectivity index (χ3v) is 4.44. The van der Waals surface area contributed by atoms with E-state index in [0.29, 0.717) is 12.1 Å². The fourth-order valence-electron chi connectivity index (χ4n) is 3.10. The number of hydrogen-bond donors (Lipinski definition) is 2. The van der Waals surface area contributed by atoms with E-state index in [-0.39, 0.29) is 12.6 Å². The lowest BCUT2D eigenvalue weighted by atomic mass is 9.86. The molecule has 3 heteroatoms. The quantitative estimate of drug-likeness (QED) is 0.764. The number of hydrogen-bond acceptors (Lipinski definition) is 3. The lowest BCUT2D eigenvalue weighted by molar-refractivity contribution is 0.0611. The molecule has 0 aromatic heterocycles. The van der Waals surface area contributed by atoms with Crippen LogP contribution in [0.5, 0.6) is 0 Å². The van der Waals surface area contributed by atoms with Crippen LogP contribution in [0.4, 0.5) is 0 Å². The molecule has 3 nitrogen and oxygen atoms in total. The molecule has 1 aliphatic heterocycles. The summed E-state index contributed by atoms with van der Waals surface area (Å²) in [6, 6.07) is 1.60. The molecule has 4 atom stereocenters. The number of nitrogens with zero attached hydrogens (tertiary/aromatic N) is 1. The van der Waals surface area contributed by atoms with Crippen LogP contribution in [-0.4, -0.2) is 47.8 Å². The molecule has 4 unspecified atom stereocenters. The summed E-state index contributed by atoms with van der Waals surface area (Å²) in [6.07, 6.45) is 3.93. The Morgan fingerprint density at radius 3 is 2.59 bits per heavy atom. The molecule has 0 aromatic carbocycles. The second-order valence-corrected chi connectivity index (χ2v) is 6.33. The van der Waals surface area contributed by atoms with Gasteiger partial charge in [-0.25, -0.2) is 0 Å². The zero-order valence-electron chi connectivity index (χ0n) is 11.5. The van der Waals surface area contributed by atoms with Crippen molar-refractivity contribution >= 4 is 0 Å². The molecule has 1 saturated heterocycles. The molecule has 0 amide bonds. The highest BCUT2D eigenvalue weighted by molar-refractivity contribution is 4.89. The molecule has 0 spiro atoms. The summed E-state index contributed by atoms with van der Waals surface area (Å²) in [6.45, 7) is 9.50. The van der Waals surface area contributed by atoms with Gasteiger partial charge < -0.3 is 10.4 Å². The largest absolute Gasteiger partial charge is 0.395 e. The lowest BCUT2D eigenvalue weighted by Gasteiger charge is -2.42. The Hall–Kier alpha value is -0.120. The van der Waals surface area contributed by atoms with Gasteiger partial charge in [0.25, 0.3) is 0 Å². The maximum absolute atomic E-state index is 9.46. The van der Waals surface area contributed by atoms with Gasteiger partial charge >= 0.3 is 0 Å². The van der Waals surface area contributed by atoms with Gasteiger partial charge in [-0.15, -0.1) is 0 Å². The van der Waals surface area contributed by atoms with Crippen molar-refractivity contribution in [3.8, 4) is 0 Å². The van der Waals surface area contributed by atoms with Crippen molar-refractivity contribution in [2.24, 2.45) is 11.8 Å². The number of piperidine rings is 1. The zero-order valence-corrected chi connectivity index (χ0v) is 11.5. The molecule has 2 rings (SSSR count). The molecule has 0 aromatic rings. The lowest BCUT2D eigenvalue weighted by Crippen LogP contribution is -2.52. The standard InChI is InChI=1S/C14H28N2O/c1-10-6-11(2)12(3)16(7-10)8-14(9-17)15-13-4-5-13/h10-15,17H,4-9H2,1-3H3. The first-order chi connectivity index (χ1) is 8.10. The predicted molar refractivity (Wildman–Crippen MR) is 71.0 cm³/mol. The van der Waals surface area contributed by atoms with Crippen LogP contribution in [0, 0.1) is 11.8 Å². The summed E-state index contributed by atoms with van der Waals surface area (Å²) in [5, 5.41) is 13.0. The SMILES string of the molecule is CC1CC(C)C(C)N(CC(CO)NC2CC2)C1. The summed E-state index contributed by atoms with van der Waals surface area (Å²) in [5.41, 5.74) is 0. The van der Waals surface area contributed by atoms with Crippen LogP contribution in [0.2, 0.25) is 0 Å². The molecule has 100 valence electrons. The highest BCUT2D eigenvalue weighted by atomic mass is 16.3. The Balaban J connectivity index is 1.85. The van der Waals surface area contributed by atoms with Crippen LogP contribution in [-0.2, 0) is 0 Å². The van der Waals surface area contributed by atoms with Gasteiger partial charge in [0, 0.05) is 31.2 Å². The molecule has 1 heterocycles. The van der Waals surface area contributed by atoms with Crippen molar-refractivity contribution in [1.82, 2.24) is 10.2 Å². The summed E-state index contributed by atoms with van der Waals surface area (Å²) in [5.74, 6) is 1.57. The first-order valence-corrected chi connectivity index (χ1v) is 7.21. The average molecular weight is 240 g/mol. The van der Waals surface area contributed by atoms with Crippen LogP contribution >= 0.6 is 0 Å². The molecule has 1 aliphatic carbocycles. The van der Waals surface area contributed by atoms with Crippen molar-refractivity contribution in [3.63, 3.8) is 0 Å². The molecular weight excluding hydrogens is 212 g/mol. The fraction of sp³-hybridized carbons (Fsp3) is 1.00. The molecule has 2 N–H and O–H groups in total. The Kier molecular flexibility index (Phi) is 4.45. The summed E-state index contributed by atoms with van der Waals surface area (Å²) in [7, 11) is 0. The summed E-state index contributed by atoms with van der Waals surface area (Å²) < 4.78 is 0. The van der Waals surface area contributed by atoms with Gasteiger partial charge in [-0.3, -0.25) is 4.90 Å². The Labute approximate surface area is 106 Å². The minimum atomic E-state index is 0.266. The van der Waals surface area contributed by atoms with Gasteiger partial charge in [0.1, 0.15) is 0 Å². The molecule has 0 bridgehead atoms. The normalized spacial score (nSPS) is 37.1. The van der Waals surface area contributed by atoms with E-state index in [1.54, 1.807) is 0 Å². The van der Waals surface area contributed by atoms with Gasteiger partial charge in [-0.2, -0.15) is 0 Å². The number of aliphatic hydroxyl groups is 1. The summed E-state index contributed by atoms with van der Waals surface area (Å²) >= 11 is 0. The van der Waals surface area contributed by atoms with Crippen LogP contribution in [0.25, 0.3) is 0 Å². The van der Waals surface area contributed by atoms with E-state index in [1.807, 2.05) is 0 Å². The van der Waals surface area contributed by atoms with E-state index in [1.165, 1.54) is 25.8 Å². The maximum atomic E-state index is 9.46. The molecule has 17 heavy (non-hydrogen) atoms. The van der Waals surface area contributed by atoms with Crippen molar-refractivity contribution < 1.29 is 5.11 Å². The van der Waals surface area contributed by atoms with E-state index in [0.717, 1.165) is 18.4 Å². The van der Waals surface area contributed by atoms with Crippen molar-refractivity contribution in [2.45, 2.75) is 58.2 Å². The van der Waals surface area contributed by atoms with Crippen LogP contribution in [0.3, 0.4) is 0 Å². The second kappa shape index (κ2) is 5.68. The van der Waals surface area contributed by atoms with Crippen molar-refractivity contribution in [1.29, 1.82) is 0 Å². The Morgan fingerprint density at radius 1 is 1.29 bits per heavy atom. The third-order valence-electron chi connectivity index (χ3n) is 4.44. The van der Waals surface area contributed by atoms with E-state index in [4.69, 9.17) is 0 Å². The van der Waals surface area contributed by atoms with E-state index >= 15 is 0 Å². The maximum Gasteiger partial charge on any atom is 0.0597 e. The second-order valence-electron chi connectivity index (χ2n) is 6.33. The van der Waals surface area contributed by atoms with E-state index < -0.39 is 0 Å². The summed E-state index contributed by atoms with van der Waals surface area (Å²) in [4.78, 5) is 2.56. The third kappa shape index (κ3) is 3.67. The van der Waals surface area contributed by atoms with Crippen molar-refractivity contribution in [3.05, 3.63) is 0 Å². The van der Waals surface area contributed by atoms with Gasteiger partial charge in [0.05, 0.1) is 6.61 Å². The first-order valence-electron chi connectivity index (χ1n) is 7.21. The number of aliphatic hydroxyl groups excluding tert-OH is 1. The van der Waals surface area contributed by atoms with Crippen LogP contribution < -0.4 is 5.32 Å². The molecular formula is C14H28N2O.